The van der Waals surface area contributed by atoms with Gasteiger partial charge in [0.2, 0.25) is 11.8 Å². The molecule has 7 heteroatoms. The molecule has 3 amide bonds. The van der Waals surface area contributed by atoms with Crippen molar-refractivity contribution in [2.24, 2.45) is 0 Å². The van der Waals surface area contributed by atoms with Crippen LogP contribution in [0.5, 0.6) is 0 Å². The average molecular weight is 373 g/mol. The van der Waals surface area contributed by atoms with Crippen LogP contribution in [-0.4, -0.2) is 66.9 Å². The first-order valence-corrected chi connectivity index (χ1v) is 9.47. The number of nitrogens with one attached hydrogen (secondary N) is 1. The zero-order chi connectivity index (χ0) is 19.4. The predicted molar refractivity (Wildman–Crippen MR) is 99.9 cm³/mol. The van der Waals surface area contributed by atoms with Gasteiger partial charge >= 0.3 is 0 Å². The quantitative estimate of drug-likeness (QED) is 0.755. The molecule has 0 radical (unpaired) electrons. The lowest BCUT2D eigenvalue weighted by molar-refractivity contribution is -0.162. The number of aryl methyl sites for hydroxylation is 1. The van der Waals surface area contributed by atoms with E-state index in [1.807, 2.05) is 36.1 Å². The molecule has 7 nitrogen and oxygen atoms in total. The molecule has 0 aromatic heterocycles. The molecule has 2 heterocycles. The highest BCUT2D eigenvalue weighted by atomic mass is 16.5. The third kappa shape index (κ3) is 4.30. The molecule has 2 unspecified atom stereocenters. The van der Waals surface area contributed by atoms with E-state index in [0.29, 0.717) is 25.9 Å². The summed E-state index contributed by atoms with van der Waals surface area (Å²) in [5.41, 5.74) is 1.92. The number of likely N-dealkylation sites (tertiary alicyclic amines) is 1. The van der Waals surface area contributed by atoms with Gasteiger partial charge in [-0.3, -0.25) is 14.4 Å². The lowest BCUT2D eigenvalue weighted by Crippen LogP contribution is -2.53. The standard InChI is InChI=1S/C20H27N3O4/c1-14-7-3-4-8-15(14)18-19(27-13-17(25)22(18)2)20(26)21-10-6-12-23-11-5-9-16(23)24/h3-4,7-8,18-19H,5-6,9-13H2,1-2H3,(H,21,26). The van der Waals surface area contributed by atoms with Crippen LogP contribution in [0.2, 0.25) is 0 Å². The number of rotatable bonds is 6. The zero-order valence-corrected chi connectivity index (χ0v) is 15.9. The highest BCUT2D eigenvalue weighted by Crippen LogP contribution is 2.31. The molecule has 2 aliphatic rings. The first-order chi connectivity index (χ1) is 13.0. The van der Waals surface area contributed by atoms with E-state index in [2.05, 4.69) is 5.32 Å². The molecule has 1 aromatic rings. The van der Waals surface area contributed by atoms with Gasteiger partial charge in [-0.05, 0) is 30.9 Å². The van der Waals surface area contributed by atoms with E-state index in [1.165, 1.54) is 0 Å². The number of hydrogen-bond donors (Lipinski definition) is 1. The normalized spacial score (nSPS) is 23.0. The molecule has 0 spiro atoms. The number of amides is 3. The van der Waals surface area contributed by atoms with Crippen molar-refractivity contribution >= 4 is 17.7 Å². The minimum atomic E-state index is -0.748. The molecule has 2 fully saturated rings. The van der Waals surface area contributed by atoms with Gasteiger partial charge < -0.3 is 19.9 Å². The molecule has 2 atom stereocenters. The van der Waals surface area contributed by atoms with Gasteiger partial charge in [0, 0.05) is 33.1 Å². The summed E-state index contributed by atoms with van der Waals surface area (Å²) in [6.45, 7) is 3.80. The third-order valence-electron chi connectivity index (χ3n) is 5.32. The van der Waals surface area contributed by atoms with Crippen LogP contribution in [0.15, 0.2) is 24.3 Å². The number of morpholine rings is 1. The second kappa shape index (κ2) is 8.52. The first-order valence-electron chi connectivity index (χ1n) is 9.47. The lowest BCUT2D eigenvalue weighted by Gasteiger charge is -2.39. The third-order valence-corrected chi connectivity index (χ3v) is 5.32. The largest absolute Gasteiger partial charge is 0.356 e. The van der Waals surface area contributed by atoms with Gasteiger partial charge in [-0.15, -0.1) is 0 Å². The van der Waals surface area contributed by atoms with Crippen molar-refractivity contribution in [3.63, 3.8) is 0 Å². The van der Waals surface area contributed by atoms with Crippen molar-refractivity contribution in [3.8, 4) is 0 Å². The van der Waals surface area contributed by atoms with Crippen LogP contribution in [-0.2, 0) is 19.1 Å². The summed E-state index contributed by atoms with van der Waals surface area (Å²) in [7, 11) is 1.71. The summed E-state index contributed by atoms with van der Waals surface area (Å²) in [6, 6.07) is 7.27. The Morgan fingerprint density at radius 2 is 2.04 bits per heavy atom. The predicted octanol–water partition coefficient (Wildman–Crippen LogP) is 1.02. The summed E-state index contributed by atoms with van der Waals surface area (Å²) in [5, 5.41) is 2.91. The number of hydrogen-bond acceptors (Lipinski definition) is 4. The van der Waals surface area contributed by atoms with Gasteiger partial charge in [0.25, 0.3) is 5.91 Å². The van der Waals surface area contributed by atoms with E-state index in [-0.39, 0.29) is 24.3 Å². The maximum atomic E-state index is 12.8. The highest BCUT2D eigenvalue weighted by Gasteiger charge is 2.40. The van der Waals surface area contributed by atoms with Crippen LogP contribution in [0.1, 0.15) is 36.4 Å². The summed E-state index contributed by atoms with van der Waals surface area (Å²) in [6.07, 6.45) is 1.50. The van der Waals surface area contributed by atoms with Crippen molar-refractivity contribution < 1.29 is 19.1 Å². The Bertz CT molecular complexity index is 721. The second-order valence-electron chi connectivity index (χ2n) is 7.17. The molecule has 0 saturated carbocycles. The summed E-state index contributed by atoms with van der Waals surface area (Å²) in [4.78, 5) is 39.9. The SMILES string of the molecule is Cc1ccccc1C1C(C(=O)NCCCN2CCCC2=O)OCC(=O)N1C. The lowest BCUT2D eigenvalue weighted by atomic mass is 9.94. The van der Waals surface area contributed by atoms with Gasteiger partial charge in [-0.1, -0.05) is 24.3 Å². The molecule has 27 heavy (non-hydrogen) atoms. The molecule has 1 aromatic carbocycles. The second-order valence-corrected chi connectivity index (χ2v) is 7.17. The summed E-state index contributed by atoms with van der Waals surface area (Å²) in [5.74, 6) is -0.174. The molecule has 1 N–H and O–H groups in total. The van der Waals surface area contributed by atoms with Gasteiger partial charge in [0.15, 0.2) is 6.10 Å². The van der Waals surface area contributed by atoms with Crippen LogP contribution in [0, 0.1) is 6.92 Å². The van der Waals surface area contributed by atoms with E-state index in [1.54, 1.807) is 11.9 Å². The molecule has 2 aliphatic heterocycles. The number of nitrogens with zero attached hydrogens (tertiary/aromatic N) is 2. The molecule has 2 saturated heterocycles. The van der Waals surface area contributed by atoms with Crippen molar-refractivity contribution in [1.82, 2.24) is 15.1 Å². The Kier molecular flexibility index (Phi) is 6.11. The van der Waals surface area contributed by atoms with Crippen LogP contribution in [0.25, 0.3) is 0 Å². The molecule has 146 valence electrons. The Hall–Kier alpha value is -2.41. The minimum Gasteiger partial charge on any atom is -0.356 e. The Morgan fingerprint density at radius 3 is 2.74 bits per heavy atom. The number of benzene rings is 1. The molecule has 0 aliphatic carbocycles. The fourth-order valence-electron chi connectivity index (χ4n) is 3.74. The monoisotopic (exact) mass is 373 g/mol. The first kappa shape index (κ1) is 19.4. The van der Waals surface area contributed by atoms with Crippen molar-refractivity contribution in [3.05, 3.63) is 35.4 Å². The fourth-order valence-corrected chi connectivity index (χ4v) is 3.74. The zero-order valence-electron chi connectivity index (χ0n) is 15.9. The summed E-state index contributed by atoms with van der Waals surface area (Å²) < 4.78 is 5.62. The molecular formula is C20H27N3O4. The fraction of sp³-hybridized carbons (Fsp3) is 0.550. The maximum absolute atomic E-state index is 12.8. The van der Waals surface area contributed by atoms with Gasteiger partial charge in [0.05, 0.1) is 6.04 Å². The number of likely N-dealkylation sites (N-methyl/N-ethyl adjacent to an activating group) is 1. The number of carbonyl (C=O) groups excluding carboxylic acids is 3. The number of ether oxygens (including phenoxy) is 1. The van der Waals surface area contributed by atoms with Crippen molar-refractivity contribution in [2.75, 3.05) is 33.3 Å². The van der Waals surface area contributed by atoms with E-state index >= 15 is 0 Å². The minimum absolute atomic E-state index is 0.0980. The summed E-state index contributed by atoms with van der Waals surface area (Å²) >= 11 is 0. The average Bonchev–Trinajstić information content (AvgIpc) is 3.06. The van der Waals surface area contributed by atoms with Crippen LogP contribution in [0.3, 0.4) is 0 Å². The highest BCUT2D eigenvalue weighted by molar-refractivity contribution is 5.86. The van der Waals surface area contributed by atoms with Crippen molar-refractivity contribution in [1.29, 1.82) is 0 Å². The van der Waals surface area contributed by atoms with E-state index in [4.69, 9.17) is 4.74 Å². The topological polar surface area (TPSA) is 79.0 Å². The van der Waals surface area contributed by atoms with E-state index in [9.17, 15) is 14.4 Å². The Morgan fingerprint density at radius 1 is 1.26 bits per heavy atom. The van der Waals surface area contributed by atoms with Crippen molar-refractivity contribution in [2.45, 2.75) is 38.3 Å². The molecular weight excluding hydrogens is 346 g/mol. The maximum Gasteiger partial charge on any atom is 0.251 e. The van der Waals surface area contributed by atoms with Crippen LogP contribution < -0.4 is 5.32 Å². The molecule has 0 bridgehead atoms. The van der Waals surface area contributed by atoms with Gasteiger partial charge in [0.1, 0.15) is 6.61 Å². The Labute approximate surface area is 159 Å². The van der Waals surface area contributed by atoms with Gasteiger partial charge in [-0.25, -0.2) is 0 Å². The van der Waals surface area contributed by atoms with E-state index < -0.39 is 12.1 Å². The van der Waals surface area contributed by atoms with Crippen LogP contribution in [0.4, 0.5) is 0 Å². The Balaban J connectivity index is 1.62. The smallest absolute Gasteiger partial charge is 0.251 e. The van der Waals surface area contributed by atoms with E-state index in [0.717, 1.165) is 24.1 Å². The molecule has 3 rings (SSSR count). The van der Waals surface area contributed by atoms with Gasteiger partial charge in [-0.2, -0.15) is 0 Å². The van der Waals surface area contributed by atoms with Crippen LogP contribution >= 0.6 is 0 Å². The number of carbonyl (C=O) groups is 3.